The van der Waals surface area contributed by atoms with Crippen molar-refractivity contribution in [2.75, 3.05) is 13.2 Å². The number of likely N-dealkylation sites (tertiary alicyclic amines) is 1. The maximum atomic E-state index is 11.7. The lowest BCUT2D eigenvalue weighted by Crippen LogP contribution is -2.61. The summed E-state index contributed by atoms with van der Waals surface area (Å²) in [5.41, 5.74) is -0.988. The molecule has 0 unspecified atom stereocenters. The zero-order valence-electron chi connectivity index (χ0n) is 9.02. The van der Waals surface area contributed by atoms with E-state index in [4.69, 9.17) is 4.74 Å². The van der Waals surface area contributed by atoms with Gasteiger partial charge in [-0.15, -0.1) is 0 Å². The number of carbonyl (C=O) groups excluding carboxylic acids is 1. The summed E-state index contributed by atoms with van der Waals surface area (Å²) in [6.07, 6.45) is 3.12. The summed E-state index contributed by atoms with van der Waals surface area (Å²) in [6.45, 7) is 4.05. The molecular formula is C11H15NO4. The van der Waals surface area contributed by atoms with Crippen molar-refractivity contribution in [3.63, 3.8) is 0 Å². The fourth-order valence-corrected chi connectivity index (χ4v) is 2.70. The van der Waals surface area contributed by atoms with Crippen LogP contribution in [0, 0.1) is 5.92 Å². The molecule has 2 aliphatic rings. The monoisotopic (exact) mass is 225 g/mol. The van der Waals surface area contributed by atoms with Crippen LogP contribution in [0.5, 0.6) is 0 Å². The number of rotatable bonds is 3. The molecule has 0 aromatic carbocycles. The molecule has 1 aliphatic carbocycles. The summed E-state index contributed by atoms with van der Waals surface area (Å²) in [5.74, 6) is -0.807. The molecule has 0 spiro atoms. The molecule has 1 saturated heterocycles. The molecule has 0 radical (unpaired) electrons. The Morgan fingerprint density at radius 3 is 2.81 bits per heavy atom. The minimum atomic E-state index is -0.988. The van der Waals surface area contributed by atoms with Crippen LogP contribution in [0.25, 0.3) is 0 Å². The topological polar surface area (TPSA) is 66.8 Å². The third-order valence-electron chi connectivity index (χ3n) is 3.65. The molecule has 2 rings (SSSR count). The predicted molar refractivity (Wildman–Crippen MR) is 56.0 cm³/mol. The third-order valence-corrected chi connectivity index (χ3v) is 3.65. The number of ether oxygens (including phenoxy) is 1. The zero-order chi connectivity index (χ0) is 11.8. The van der Waals surface area contributed by atoms with Gasteiger partial charge in [0.1, 0.15) is 12.1 Å². The predicted octanol–water partition coefficient (Wildman–Crippen LogP) is 1.25. The van der Waals surface area contributed by atoms with Crippen molar-refractivity contribution in [1.29, 1.82) is 0 Å². The molecule has 88 valence electrons. The largest absolute Gasteiger partial charge is 0.479 e. The van der Waals surface area contributed by atoms with E-state index in [1.165, 1.54) is 11.0 Å². The molecular weight excluding hydrogens is 210 g/mol. The Hall–Kier alpha value is -1.52. The highest BCUT2D eigenvalue weighted by molar-refractivity contribution is 5.86. The molecule has 2 fully saturated rings. The number of amides is 1. The molecule has 0 bridgehead atoms. The van der Waals surface area contributed by atoms with Gasteiger partial charge >= 0.3 is 12.1 Å². The molecule has 0 aromatic rings. The molecule has 1 aliphatic heterocycles. The maximum Gasteiger partial charge on any atom is 0.411 e. The lowest BCUT2D eigenvalue weighted by Gasteiger charge is -2.45. The summed E-state index contributed by atoms with van der Waals surface area (Å²) < 4.78 is 4.91. The standard InChI is InChI=1S/C11H15NO4/c1-2-7-16-10(15)12-6-4-8-3-5-11(8,12)9(13)14/h2,8H,1,3-7H2,(H,13,14)/t8-,11-/m0/s1. The molecule has 1 N–H and O–H groups in total. The Morgan fingerprint density at radius 2 is 2.31 bits per heavy atom. The highest BCUT2D eigenvalue weighted by Crippen LogP contribution is 2.50. The van der Waals surface area contributed by atoms with Crippen molar-refractivity contribution in [3.8, 4) is 0 Å². The number of carboxylic acid groups (broad SMARTS) is 1. The van der Waals surface area contributed by atoms with Crippen LogP contribution in [0.1, 0.15) is 19.3 Å². The van der Waals surface area contributed by atoms with Gasteiger partial charge in [-0.2, -0.15) is 0 Å². The Bertz CT molecular complexity index is 341. The quantitative estimate of drug-likeness (QED) is 0.734. The lowest BCUT2D eigenvalue weighted by molar-refractivity contribution is -0.157. The van der Waals surface area contributed by atoms with Crippen molar-refractivity contribution in [2.24, 2.45) is 5.92 Å². The maximum absolute atomic E-state index is 11.7. The number of hydrogen-bond acceptors (Lipinski definition) is 3. The minimum Gasteiger partial charge on any atom is -0.479 e. The number of fused-ring (bicyclic) bond motifs is 1. The smallest absolute Gasteiger partial charge is 0.411 e. The Labute approximate surface area is 93.7 Å². The molecule has 1 heterocycles. The summed E-state index contributed by atoms with van der Waals surface area (Å²) in [4.78, 5) is 24.4. The van der Waals surface area contributed by atoms with E-state index in [9.17, 15) is 14.7 Å². The van der Waals surface area contributed by atoms with Gasteiger partial charge in [-0.3, -0.25) is 4.90 Å². The number of carboxylic acids is 1. The highest BCUT2D eigenvalue weighted by atomic mass is 16.6. The molecule has 0 aromatic heterocycles. The van der Waals surface area contributed by atoms with Crippen molar-refractivity contribution < 1.29 is 19.4 Å². The van der Waals surface area contributed by atoms with Crippen LogP contribution in [0.15, 0.2) is 12.7 Å². The van der Waals surface area contributed by atoms with E-state index < -0.39 is 17.6 Å². The second kappa shape index (κ2) is 3.81. The van der Waals surface area contributed by atoms with Gasteiger partial charge in [-0.1, -0.05) is 12.7 Å². The van der Waals surface area contributed by atoms with Crippen molar-refractivity contribution in [2.45, 2.75) is 24.8 Å². The van der Waals surface area contributed by atoms with E-state index in [0.717, 1.165) is 12.8 Å². The molecule has 1 saturated carbocycles. The first-order valence-electron chi connectivity index (χ1n) is 5.41. The van der Waals surface area contributed by atoms with Crippen LogP contribution >= 0.6 is 0 Å². The van der Waals surface area contributed by atoms with Crippen LogP contribution in [0.3, 0.4) is 0 Å². The van der Waals surface area contributed by atoms with Crippen molar-refractivity contribution >= 4 is 12.1 Å². The van der Waals surface area contributed by atoms with E-state index >= 15 is 0 Å². The zero-order valence-corrected chi connectivity index (χ0v) is 9.02. The summed E-state index contributed by atoms with van der Waals surface area (Å²) in [5, 5.41) is 9.27. The van der Waals surface area contributed by atoms with Crippen molar-refractivity contribution in [3.05, 3.63) is 12.7 Å². The van der Waals surface area contributed by atoms with Gasteiger partial charge in [0.25, 0.3) is 0 Å². The average Bonchev–Trinajstić information content (AvgIpc) is 2.47. The number of aliphatic carboxylic acids is 1. The van der Waals surface area contributed by atoms with Gasteiger partial charge in [0.15, 0.2) is 0 Å². The van der Waals surface area contributed by atoms with Gasteiger partial charge in [0, 0.05) is 6.54 Å². The van der Waals surface area contributed by atoms with Gasteiger partial charge in [0.05, 0.1) is 0 Å². The Kier molecular flexibility index (Phi) is 2.61. The van der Waals surface area contributed by atoms with Gasteiger partial charge in [-0.25, -0.2) is 9.59 Å². The normalized spacial score (nSPS) is 31.5. The fourth-order valence-electron chi connectivity index (χ4n) is 2.70. The highest BCUT2D eigenvalue weighted by Gasteiger charge is 2.62. The van der Waals surface area contributed by atoms with E-state index in [1.54, 1.807) is 0 Å². The van der Waals surface area contributed by atoms with Crippen molar-refractivity contribution in [1.82, 2.24) is 4.90 Å². The van der Waals surface area contributed by atoms with Crippen LogP contribution in [0.4, 0.5) is 4.79 Å². The first-order valence-corrected chi connectivity index (χ1v) is 5.41. The second-order valence-electron chi connectivity index (χ2n) is 4.27. The fraction of sp³-hybridized carbons (Fsp3) is 0.636. The summed E-state index contributed by atoms with van der Waals surface area (Å²) >= 11 is 0. The molecule has 16 heavy (non-hydrogen) atoms. The van der Waals surface area contributed by atoms with Crippen LogP contribution < -0.4 is 0 Å². The van der Waals surface area contributed by atoms with Gasteiger partial charge in [-0.05, 0) is 25.2 Å². The Morgan fingerprint density at radius 1 is 1.56 bits per heavy atom. The van der Waals surface area contributed by atoms with E-state index in [1.807, 2.05) is 0 Å². The average molecular weight is 225 g/mol. The molecule has 2 atom stereocenters. The first-order chi connectivity index (χ1) is 7.63. The summed E-state index contributed by atoms with van der Waals surface area (Å²) in [7, 11) is 0. The number of nitrogens with zero attached hydrogens (tertiary/aromatic N) is 1. The molecule has 5 nitrogen and oxygen atoms in total. The van der Waals surface area contributed by atoms with E-state index in [2.05, 4.69) is 6.58 Å². The number of carbonyl (C=O) groups is 2. The summed E-state index contributed by atoms with van der Waals surface area (Å²) in [6, 6.07) is 0. The lowest BCUT2D eigenvalue weighted by atomic mass is 9.67. The number of hydrogen-bond donors (Lipinski definition) is 1. The van der Waals surface area contributed by atoms with Crippen LogP contribution in [-0.4, -0.2) is 40.8 Å². The van der Waals surface area contributed by atoms with Crippen LogP contribution in [0.2, 0.25) is 0 Å². The second-order valence-corrected chi connectivity index (χ2v) is 4.27. The first kappa shape index (κ1) is 11.0. The third kappa shape index (κ3) is 1.31. The molecule has 1 amide bonds. The molecule has 5 heteroatoms. The van der Waals surface area contributed by atoms with Gasteiger partial charge in [0.2, 0.25) is 0 Å². The minimum absolute atomic E-state index is 0.0984. The SMILES string of the molecule is C=CCOC(=O)N1CC[C@@H]2CC[C@@]21C(=O)O. The Balaban J connectivity index is 2.12. The van der Waals surface area contributed by atoms with Crippen LogP contribution in [-0.2, 0) is 9.53 Å². The van der Waals surface area contributed by atoms with E-state index in [-0.39, 0.29) is 12.5 Å². The van der Waals surface area contributed by atoms with Gasteiger partial charge < -0.3 is 9.84 Å². The van der Waals surface area contributed by atoms with E-state index in [0.29, 0.717) is 13.0 Å².